The number of imidazole rings is 2. The Kier molecular flexibility index (Phi) is 9.24. The van der Waals surface area contributed by atoms with Crippen molar-refractivity contribution < 1.29 is 26.3 Å². The lowest BCUT2D eigenvalue weighted by atomic mass is 10.0. The van der Waals surface area contributed by atoms with Gasteiger partial charge in [0.1, 0.15) is 11.6 Å². The minimum Gasteiger partial charge on any atom is -0.292 e. The van der Waals surface area contributed by atoms with Gasteiger partial charge in [-0.25, -0.2) is 24.9 Å². The molecule has 0 atom stereocenters. The first-order valence-electron chi connectivity index (χ1n) is 19.3. The Morgan fingerprint density at radius 3 is 1.05 bits per heavy atom. The standard InChI is InChI=1S/C49H29F6N7/c50-48(51,52)35-23-19-30(20-24-35)43-58-44(31-21-25-36(26-22-31)49(53,54)55)60-45(59-43)32-27-33(46-56-39-15-7-9-17-41(39)61(46)37-11-3-1-4-12-37)29-34(28-32)47-57-40-16-8-10-18-42(40)62(47)38-13-5-2-6-14-38/h1-29H. The number of rotatable bonds is 7. The van der Waals surface area contributed by atoms with E-state index in [4.69, 9.17) is 19.9 Å². The van der Waals surface area contributed by atoms with Crippen LogP contribution in [0, 0.1) is 0 Å². The van der Waals surface area contributed by atoms with Crippen LogP contribution in [0.15, 0.2) is 176 Å². The third-order valence-electron chi connectivity index (χ3n) is 10.4. The van der Waals surface area contributed by atoms with E-state index in [2.05, 4.69) is 4.98 Å². The van der Waals surface area contributed by atoms with Crippen LogP contribution in [0.2, 0.25) is 0 Å². The van der Waals surface area contributed by atoms with Crippen molar-refractivity contribution in [2.24, 2.45) is 0 Å². The highest BCUT2D eigenvalue weighted by Crippen LogP contribution is 2.38. The Morgan fingerprint density at radius 1 is 0.323 bits per heavy atom. The number of hydrogen-bond acceptors (Lipinski definition) is 5. The second-order valence-electron chi connectivity index (χ2n) is 14.4. The lowest BCUT2D eigenvalue weighted by Crippen LogP contribution is -2.06. The predicted octanol–water partition coefficient (Wildman–Crippen LogP) is 12.9. The largest absolute Gasteiger partial charge is 0.416 e. The second kappa shape index (κ2) is 15.0. The van der Waals surface area contributed by atoms with Crippen LogP contribution in [0.4, 0.5) is 26.3 Å². The summed E-state index contributed by atoms with van der Waals surface area (Å²) >= 11 is 0. The van der Waals surface area contributed by atoms with Crippen molar-refractivity contribution in [2.45, 2.75) is 12.4 Å². The molecule has 0 aliphatic rings. The zero-order valence-corrected chi connectivity index (χ0v) is 32.1. The molecule has 0 bridgehead atoms. The van der Waals surface area contributed by atoms with E-state index in [1.807, 2.05) is 137 Å². The maximum Gasteiger partial charge on any atom is 0.416 e. The van der Waals surface area contributed by atoms with Crippen LogP contribution in [0.1, 0.15) is 11.1 Å². The van der Waals surface area contributed by atoms with Crippen LogP contribution < -0.4 is 0 Å². The van der Waals surface area contributed by atoms with Gasteiger partial charge in [0.2, 0.25) is 0 Å². The number of para-hydroxylation sites is 6. The molecular weight excluding hydrogens is 801 g/mol. The molecule has 3 heterocycles. The van der Waals surface area contributed by atoms with E-state index < -0.39 is 23.5 Å². The molecule has 302 valence electrons. The first-order chi connectivity index (χ1) is 30.0. The molecule has 0 unspecified atom stereocenters. The Balaban J connectivity index is 1.25. The van der Waals surface area contributed by atoms with Gasteiger partial charge in [-0.05, 0) is 91.0 Å². The second-order valence-corrected chi connectivity index (χ2v) is 14.4. The first kappa shape index (κ1) is 38.3. The molecule has 0 N–H and O–H groups in total. The van der Waals surface area contributed by atoms with Crippen molar-refractivity contribution >= 4 is 22.1 Å². The highest BCUT2D eigenvalue weighted by Gasteiger charge is 2.31. The highest BCUT2D eigenvalue weighted by atomic mass is 19.4. The van der Waals surface area contributed by atoms with E-state index in [1.54, 1.807) is 0 Å². The fourth-order valence-corrected chi connectivity index (χ4v) is 7.51. The Labute approximate surface area is 349 Å². The Hall–Kier alpha value is -7.93. The first-order valence-corrected chi connectivity index (χ1v) is 19.3. The summed E-state index contributed by atoms with van der Waals surface area (Å²) in [6, 6.07) is 49.5. The van der Waals surface area contributed by atoms with Crippen molar-refractivity contribution in [3.8, 4) is 68.3 Å². The van der Waals surface area contributed by atoms with E-state index in [0.29, 0.717) is 28.3 Å². The van der Waals surface area contributed by atoms with Gasteiger partial charge in [0.15, 0.2) is 17.5 Å². The van der Waals surface area contributed by atoms with Crippen LogP contribution in [0.5, 0.6) is 0 Å². The molecule has 0 radical (unpaired) electrons. The van der Waals surface area contributed by atoms with E-state index in [-0.39, 0.29) is 28.6 Å². The van der Waals surface area contributed by atoms with Gasteiger partial charge in [0.25, 0.3) is 0 Å². The smallest absolute Gasteiger partial charge is 0.292 e. The fraction of sp³-hybridized carbons (Fsp3) is 0.0408. The summed E-state index contributed by atoms with van der Waals surface area (Å²) in [4.78, 5) is 24.5. The van der Waals surface area contributed by atoms with E-state index in [0.717, 1.165) is 57.7 Å². The van der Waals surface area contributed by atoms with Gasteiger partial charge in [-0.15, -0.1) is 0 Å². The quantitative estimate of drug-likeness (QED) is 0.150. The molecule has 7 nitrogen and oxygen atoms in total. The van der Waals surface area contributed by atoms with Crippen LogP contribution in [-0.4, -0.2) is 34.1 Å². The van der Waals surface area contributed by atoms with Crippen LogP contribution >= 0.6 is 0 Å². The van der Waals surface area contributed by atoms with E-state index in [9.17, 15) is 26.3 Å². The monoisotopic (exact) mass is 829 g/mol. The molecule has 0 saturated heterocycles. The molecule has 10 rings (SSSR count). The molecule has 3 aromatic heterocycles. The molecule has 0 spiro atoms. The number of hydrogen-bond donors (Lipinski definition) is 0. The summed E-state index contributed by atoms with van der Waals surface area (Å²) in [7, 11) is 0. The van der Waals surface area contributed by atoms with Crippen LogP contribution in [-0.2, 0) is 12.4 Å². The summed E-state index contributed by atoms with van der Waals surface area (Å²) in [5.41, 5.74) is 5.41. The average Bonchev–Trinajstić information content (AvgIpc) is 3.89. The molecule has 10 aromatic rings. The summed E-state index contributed by atoms with van der Waals surface area (Å²) < 4.78 is 85.9. The third-order valence-corrected chi connectivity index (χ3v) is 10.4. The van der Waals surface area contributed by atoms with Crippen molar-refractivity contribution in [3.63, 3.8) is 0 Å². The fourth-order valence-electron chi connectivity index (χ4n) is 7.51. The van der Waals surface area contributed by atoms with E-state index in [1.165, 1.54) is 24.3 Å². The summed E-state index contributed by atoms with van der Waals surface area (Å²) in [6.45, 7) is 0. The van der Waals surface area contributed by atoms with Crippen LogP contribution in [0.25, 0.3) is 90.4 Å². The van der Waals surface area contributed by atoms with Gasteiger partial charge in [-0.3, -0.25) is 9.13 Å². The minimum atomic E-state index is -4.59. The lowest BCUT2D eigenvalue weighted by Gasteiger charge is -2.15. The maximum absolute atomic E-state index is 13.6. The zero-order valence-electron chi connectivity index (χ0n) is 32.1. The number of fused-ring (bicyclic) bond motifs is 2. The van der Waals surface area contributed by atoms with Gasteiger partial charge in [0.05, 0.1) is 33.2 Å². The van der Waals surface area contributed by atoms with Crippen molar-refractivity contribution in [2.75, 3.05) is 0 Å². The summed E-state index contributed by atoms with van der Waals surface area (Å²) in [5.74, 6) is 1.31. The molecule has 0 fully saturated rings. The number of benzene rings is 7. The SMILES string of the molecule is FC(F)(F)c1ccc(-c2nc(-c3ccc(C(F)(F)F)cc3)nc(-c3cc(-c4nc5ccccc5n4-c4ccccc4)cc(-c4nc5ccccc5n4-c4ccccc4)c3)n2)cc1. The topological polar surface area (TPSA) is 74.3 Å². The normalized spacial score (nSPS) is 12.0. The number of alkyl halides is 6. The average molecular weight is 830 g/mol. The zero-order chi connectivity index (χ0) is 42.6. The molecule has 0 aliphatic carbocycles. The molecule has 0 saturated carbocycles. The summed E-state index contributed by atoms with van der Waals surface area (Å²) in [6.07, 6.45) is -9.17. The van der Waals surface area contributed by atoms with E-state index >= 15 is 0 Å². The highest BCUT2D eigenvalue weighted by molar-refractivity contribution is 5.88. The Bertz CT molecular complexity index is 3040. The molecule has 13 heteroatoms. The Morgan fingerprint density at radius 2 is 0.661 bits per heavy atom. The number of halogens is 6. The van der Waals surface area contributed by atoms with Gasteiger partial charge in [0, 0.05) is 39.2 Å². The maximum atomic E-state index is 13.6. The molecular formula is C49H29F6N7. The number of nitrogens with zero attached hydrogens (tertiary/aromatic N) is 7. The summed E-state index contributed by atoms with van der Waals surface area (Å²) in [5, 5.41) is 0. The van der Waals surface area contributed by atoms with Crippen molar-refractivity contribution in [1.29, 1.82) is 0 Å². The molecule has 62 heavy (non-hydrogen) atoms. The van der Waals surface area contributed by atoms with Crippen LogP contribution in [0.3, 0.4) is 0 Å². The van der Waals surface area contributed by atoms with Gasteiger partial charge in [-0.1, -0.05) is 84.9 Å². The molecule has 0 amide bonds. The van der Waals surface area contributed by atoms with Crippen molar-refractivity contribution in [1.82, 2.24) is 34.1 Å². The minimum absolute atomic E-state index is 0.0126. The number of aromatic nitrogens is 7. The molecule has 0 aliphatic heterocycles. The van der Waals surface area contributed by atoms with Gasteiger partial charge in [-0.2, -0.15) is 26.3 Å². The third kappa shape index (κ3) is 7.12. The molecule has 7 aromatic carbocycles. The predicted molar refractivity (Wildman–Crippen MR) is 226 cm³/mol. The van der Waals surface area contributed by atoms with Crippen molar-refractivity contribution in [3.05, 3.63) is 187 Å². The van der Waals surface area contributed by atoms with Gasteiger partial charge < -0.3 is 0 Å². The lowest BCUT2D eigenvalue weighted by molar-refractivity contribution is -0.138. The van der Waals surface area contributed by atoms with Gasteiger partial charge >= 0.3 is 12.4 Å².